The summed E-state index contributed by atoms with van der Waals surface area (Å²) in [6.45, 7) is 3.77. The first-order valence-corrected chi connectivity index (χ1v) is 14.3. The summed E-state index contributed by atoms with van der Waals surface area (Å²) in [4.78, 5) is 28.6. The number of carbonyl (C=O) groups is 2. The van der Waals surface area contributed by atoms with Gasteiger partial charge in [0.25, 0.3) is 11.8 Å². The number of nitrogen functional groups attached to an aromatic ring is 1. The minimum atomic E-state index is -0.476. The molecule has 0 spiro atoms. The van der Waals surface area contributed by atoms with E-state index >= 15 is 0 Å². The van der Waals surface area contributed by atoms with Crippen LogP contribution in [0.5, 0.6) is 5.75 Å². The van der Waals surface area contributed by atoms with Crippen LogP contribution in [0.2, 0.25) is 0 Å². The number of rotatable bonds is 10. The molecule has 44 heavy (non-hydrogen) atoms. The van der Waals surface area contributed by atoms with E-state index in [1.165, 1.54) is 0 Å². The van der Waals surface area contributed by atoms with E-state index in [-0.39, 0.29) is 42.5 Å². The third kappa shape index (κ3) is 8.40. The number of ether oxygens (including phenoxy) is 1. The maximum atomic E-state index is 13.7. The third-order valence-electron chi connectivity index (χ3n) is 7.63. The van der Waals surface area contributed by atoms with Gasteiger partial charge in [0, 0.05) is 35.3 Å². The van der Waals surface area contributed by atoms with Crippen molar-refractivity contribution in [3.63, 3.8) is 0 Å². The molecular formula is C35H38Cl2N4O3. The van der Waals surface area contributed by atoms with Gasteiger partial charge < -0.3 is 20.7 Å². The second-order valence-corrected chi connectivity index (χ2v) is 10.7. The summed E-state index contributed by atoms with van der Waals surface area (Å²) in [5.41, 5.74) is 11.1. The number of halogens is 2. The van der Waals surface area contributed by atoms with Crippen LogP contribution < -0.4 is 15.8 Å². The summed E-state index contributed by atoms with van der Waals surface area (Å²) in [5, 5.41) is 11.2. The number of nitrogens with one attached hydrogen (secondary N) is 2. The van der Waals surface area contributed by atoms with Crippen LogP contribution in [0.1, 0.15) is 67.4 Å². The monoisotopic (exact) mass is 632 g/mol. The van der Waals surface area contributed by atoms with Crippen molar-refractivity contribution >= 4 is 42.5 Å². The fraction of sp³-hybridized carbons (Fsp3) is 0.229. The summed E-state index contributed by atoms with van der Waals surface area (Å²) >= 11 is 0. The van der Waals surface area contributed by atoms with Gasteiger partial charge in [0.15, 0.2) is 0 Å². The lowest BCUT2D eigenvalue weighted by atomic mass is 9.95. The molecule has 1 unspecified atom stereocenters. The molecule has 4 aromatic carbocycles. The molecule has 2 amide bonds. The number of nitrogens with zero attached hydrogens (tertiary/aromatic N) is 1. The number of amides is 2. The molecule has 1 heterocycles. The largest absolute Gasteiger partial charge is 0.489 e. The quantitative estimate of drug-likeness (QED) is 0.134. The zero-order valence-electron chi connectivity index (χ0n) is 24.6. The van der Waals surface area contributed by atoms with Gasteiger partial charge in [-0.3, -0.25) is 15.0 Å². The predicted molar refractivity (Wildman–Crippen MR) is 179 cm³/mol. The number of hydrogen-bond donors (Lipinski definition) is 3. The van der Waals surface area contributed by atoms with Crippen LogP contribution in [-0.4, -0.2) is 35.6 Å². The molecule has 7 nitrogen and oxygen atoms in total. The number of likely N-dealkylation sites (tertiary alicyclic amines) is 1. The van der Waals surface area contributed by atoms with E-state index in [2.05, 4.69) is 5.32 Å². The fourth-order valence-corrected chi connectivity index (χ4v) is 5.32. The Morgan fingerprint density at radius 1 is 0.864 bits per heavy atom. The molecule has 4 aromatic rings. The van der Waals surface area contributed by atoms with E-state index in [4.69, 9.17) is 15.9 Å². The van der Waals surface area contributed by atoms with E-state index < -0.39 is 6.04 Å². The standard InChI is InChI=1S/C35H36N4O3.2ClH/c1-24-20-28(14-16-29(24)35(41)39-18-8-9-19-39)34(40)38-31(21-25-10-4-2-5-11-25)30-22-27(33(36)37)15-17-32(30)42-23-26-12-6-3-7-13-26;;/h2-7,10-17,20,22,31H,8-9,18-19,21,23H2,1H3,(H3,36,37)(H,38,40);2*1H. The summed E-state index contributed by atoms with van der Waals surface area (Å²) < 4.78 is 6.27. The summed E-state index contributed by atoms with van der Waals surface area (Å²) in [6.07, 6.45) is 2.55. The summed E-state index contributed by atoms with van der Waals surface area (Å²) in [5.74, 6) is 0.291. The predicted octanol–water partition coefficient (Wildman–Crippen LogP) is 6.65. The average Bonchev–Trinajstić information content (AvgIpc) is 3.55. The Hall–Kier alpha value is -4.33. The van der Waals surface area contributed by atoms with Crippen molar-refractivity contribution in [1.29, 1.82) is 5.41 Å². The van der Waals surface area contributed by atoms with Gasteiger partial charge >= 0.3 is 0 Å². The normalized spacial score (nSPS) is 12.8. The van der Waals surface area contributed by atoms with Gasteiger partial charge in [0.2, 0.25) is 0 Å². The Kier molecular flexibility index (Phi) is 12.4. The molecule has 9 heteroatoms. The smallest absolute Gasteiger partial charge is 0.254 e. The van der Waals surface area contributed by atoms with Gasteiger partial charge in [-0.1, -0.05) is 60.7 Å². The molecule has 0 bridgehead atoms. The highest BCUT2D eigenvalue weighted by Gasteiger charge is 2.24. The molecule has 1 saturated heterocycles. The highest BCUT2D eigenvalue weighted by Crippen LogP contribution is 2.31. The Morgan fingerprint density at radius 2 is 1.48 bits per heavy atom. The molecule has 4 N–H and O–H groups in total. The van der Waals surface area contributed by atoms with Crippen molar-refractivity contribution in [3.05, 3.63) is 136 Å². The molecule has 1 aliphatic heterocycles. The average molecular weight is 634 g/mol. The van der Waals surface area contributed by atoms with E-state index in [9.17, 15) is 9.59 Å². The van der Waals surface area contributed by atoms with Crippen molar-refractivity contribution in [2.24, 2.45) is 5.73 Å². The van der Waals surface area contributed by atoms with E-state index in [1.54, 1.807) is 24.3 Å². The van der Waals surface area contributed by atoms with Crippen LogP contribution in [0, 0.1) is 12.3 Å². The summed E-state index contributed by atoms with van der Waals surface area (Å²) in [7, 11) is 0. The van der Waals surface area contributed by atoms with Gasteiger partial charge in [-0.2, -0.15) is 0 Å². The number of amidine groups is 1. The van der Waals surface area contributed by atoms with Gasteiger partial charge in [0.05, 0.1) is 6.04 Å². The van der Waals surface area contributed by atoms with Crippen LogP contribution in [0.4, 0.5) is 0 Å². The molecule has 5 rings (SSSR count). The Balaban J connectivity index is 0.00000264. The van der Waals surface area contributed by atoms with Gasteiger partial charge in [-0.05, 0) is 79.3 Å². The second-order valence-electron chi connectivity index (χ2n) is 10.7. The Morgan fingerprint density at radius 3 is 2.09 bits per heavy atom. The van der Waals surface area contributed by atoms with Crippen LogP contribution in [-0.2, 0) is 13.0 Å². The maximum absolute atomic E-state index is 13.7. The second kappa shape index (κ2) is 15.9. The first-order valence-electron chi connectivity index (χ1n) is 14.3. The van der Waals surface area contributed by atoms with Crippen molar-refractivity contribution in [3.8, 4) is 5.75 Å². The number of hydrogen-bond acceptors (Lipinski definition) is 4. The lowest BCUT2D eigenvalue weighted by molar-refractivity contribution is 0.0791. The van der Waals surface area contributed by atoms with Crippen molar-refractivity contribution in [1.82, 2.24) is 10.2 Å². The highest BCUT2D eigenvalue weighted by molar-refractivity contribution is 5.99. The third-order valence-corrected chi connectivity index (χ3v) is 7.63. The number of aryl methyl sites for hydroxylation is 1. The number of nitrogens with two attached hydrogens (primary N) is 1. The topological polar surface area (TPSA) is 109 Å². The zero-order chi connectivity index (χ0) is 29.5. The molecule has 0 aromatic heterocycles. The first kappa shape index (κ1) is 34.2. The van der Waals surface area contributed by atoms with Crippen molar-refractivity contribution in [2.75, 3.05) is 13.1 Å². The lowest BCUT2D eigenvalue weighted by Crippen LogP contribution is -2.31. The summed E-state index contributed by atoms with van der Waals surface area (Å²) in [6, 6.07) is 29.9. The molecule has 230 valence electrons. The molecule has 1 fully saturated rings. The highest BCUT2D eigenvalue weighted by atomic mass is 35.5. The van der Waals surface area contributed by atoms with Gasteiger partial charge in [-0.25, -0.2) is 0 Å². The van der Waals surface area contributed by atoms with E-state index in [1.807, 2.05) is 84.6 Å². The number of benzene rings is 4. The first-order chi connectivity index (χ1) is 20.4. The Bertz CT molecular complexity index is 1580. The molecule has 0 aliphatic carbocycles. The lowest BCUT2D eigenvalue weighted by Gasteiger charge is -2.24. The van der Waals surface area contributed by atoms with Crippen LogP contribution >= 0.6 is 24.8 Å². The maximum Gasteiger partial charge on any atom is 0.254 e. The van der Waals surface area contributed by atoms with Gasteiger partial charge in [0.1, 0.15) is 18.2 Å². The van der Waals surface area contributed by atoms with Crippen LogP contribution in [0.15, 0.2) is 97.1 Å². The fourth-order valence-electron chi connectivity index (χ4n) is 5.32. The van der Waals surface area contributed by atoms with Gasteiger partial charge in [-0.15, -0.1) is 24.8 Å². The van der Waals surface area contributed by atoms with Crippen molar-refractivity contribution < 1.29 is 14.3 Å². The van der Waals surface area contributed by atoms with E-state index in [0.29, 0.717) is 35.5 Å². The van der Waals surface area contributed by atoms with E-state index in [0.717, 1.165) is 48.2 Å². The minimum absolute atomic E-state index is 0. The zero-order valence-corrected chi connectivity index (χ0v) is 26.3. The van der Waals surface area contributed by atoms with Crippen molar-refractivity contribution in [2.45, 2.75) is 38.8 Å². The molecule has 0 saturated carbocycles. The molecule has 0 radical (unpaired) electrons. The number of carbonyl (C=O) groups excluding carboxylic acids is 2. The Labute approximate surface area is 271 Å². The molecule has 1 aliphatic rings. The SMILES string of the molecule is Cc1cc(C(=O)NC(Cc2ccccc2)c2cc(C(=N)N)ccc2OCc2ccccc2)ccc1C(=O)N1CCCC1.Cl.Cl. The molecule has 1 atom stereocenters. The molecular weight excluding hydrogens is 595 g/mol. The minimum Gasteiger partial charge on any atom is -0.489 e. The van der Waals surface area contributed by atoms with Crippen LogP contribution in [0.25, 0.3) is 0 Å². The van der Waals surface area contributed by atoms with Crippen LogP contribution in [0.3, 0.4) is 0 Å².